The summed E-state index contributed by atoms with van der Waals surface area (Å²) in [5.74, 6) is -1.17. The number of carbonyl (C=O) groups excluding carboxylic acids is 3. The van der Waals surface area contributed by atoms with Crippen LogP contribution < -0.4 is 16.0 Å². The minimum absolute atomic E-state index is 0.0126. The fourth-order valence-electron chi connectivity index (χ4n) is 5.00. The Balaban J connectivity index is 1.38. The Bertz CT molecular complexity index is 1710. The maximum absolute atomic E-state index is 13.2. The van der Waals surface area contributed by atoms with Gasteiger partial charge in [-0.2, -0.15) is 17.5 Å². The van der Waals surface area contributed by atoms with Crippen molar-refractivity contribution in [3.63, 3.8) is 0 Å². The van der Waals surface area contributed by atoms with Crippen LogP contribution >= 0.6 is 0 Å². The average molecular weight is 680 g/mol. The number of aliphatic hydroxyl groups excluding tert-OH is 1. The smallest absolute Gasteiger partial charge is 0.416 e. The predicted molar refractivity (Wildman–Crippen MR) is 168 cm³/mol. The Morgan fingerprint density at radius 1 is 1.15 bits per heavy atom. The summed E-state index contributed by atoms with van der Waals surface area (Å²) in [6.45, 7) is 5.92. The molecule has 0 aliphatic carbocycles. The normalized spacial score (nSPS) is 17.7. The van der Waals surface area contributed by atoms with Crippen molar-refractivity contribution in [2.75, 3.05) is 25.0 Å². The topological polar surface area (TPSA) is 166 Å². The highest BCUT2D eigenvalue weighted by Crippen LogP contribution is 2.34. The molecule has 3 amide bonds. The van der Waals surface area contributed by atoms with Gasteiger partial charge in [-0.25, -0.2) is 13.2 Å². The Labute approximate surface area is 270 Å². The van der Waals surface area contributed by atoms with E-state index in [1.54, 1.807) is 39.8 Å². The molecule has 1 spiro atoms. The van der Waals surface area contributed by atoms with Crippen LogP contribution in [0.4, 0.5) is 23.7 Å². The molecule has 254 valence electrons. The number of hydrogen-bond donors (Lipinski definition) is 4. The molecule has 2 aromatic rings. The Kier molecular flexibility index (Phi) is 10.2. The third-order valence-corrected chi connectivity index (χ3v) is 9.07. The van der Waals surface area contributed by atoms with Crippen molar-refractivity contribution in [1.82, 2.24) is 14.9 Å². The van der Waals surface area contributed by atoms with Crippen LogP contribution in [0.2, 0.25) is 0 Å². The van der Waals surface area contributed by atoms with Crippen molar-refractivity contribution in [3.05, 3.63) is 70.1 Å². The van der Waals surface area contributed by atoms with E-state index in [2.05, 4.69) is 20.9 Å². The minimum atomic E-state index is -4.56. The molecular formula is C31H36F3N5O7S. The summed E-state index contributed by atoms with van der Waals surface area (Å²) >= 11 is 0. The van der Waals surface area contributed by atoms with Gasteiger partial charge in [0.25, 0.3) is 5.91 Å². The number of carbonyl (C=O) groups is 3. The van der Waals surface area contributed by atoms with E-state index in [9.17, 15) is 41.1 Å². The van der Waals surface area contributed by atoms with E-state index in [1.165, 1.54) is 28.6 Å². The number of nitrogens with one attached hydrogen (secondary N) is 3. The van der Waals surface area contributed by atoms with Crippen LogP contribution in [-0.2, 0) is 30.5 Å². The Hall–Kier alpha value is -4.28. The number of anilines is 1. The molecular weight excluding hydrogens is 643 g/mol. The van der Waals surface area contributed by atoms with Crippen LogP contribution in [0, 0.1) is 6.92 Å². The van der Waals surface area contributed by atoms with Gasteiger partial charge >= 0.3 is 12.3 Å². The van der Waals surface area contributed by atoms with Gasteiger partial charge in [0, 0.05) is 29.7 Å². The largest absolute Gasteiger partial charge is 0.444 e. The number of rotatable bonds is 8. The number of hydrogen-bond acceptors (Lipinski definition) is 8. The number of sulfonamides is 1. The van der Waals surface area contributed by atoms with Crippen LogP contribution in [0.15, 0.2) is 52.9 Å². The van der Waals surface area contributed by atoms with E-state index in [0.29, 0.717) is 16.8 Å². The van der Waals surface area contributed by atoms with E-state index < -0.39 is 63.5 Å². The lowest BCUT2D eigenvalue weighted by Crippen LogP contribution is -2.50. The van der Waals surface area contributed by atoms with E-state index in [0.717, 1.165) is 17.5 Å². The number of alkyl halides is 3. The molecule has 16 heteroatoms. The number of amidine groups is 1. The van der Waals surface area contributed by atoms with E-state index >= 15 is 0 Å². The first-order valence-corrected chi connectivity index (χ1v) is 16.1. The zero-order chi connectivity index (χ0) is 34.8. The molecule has 0 unspecified atom stereocenters. The molecule has 0 saturated carbocycles. The van der Waals surface area contributed by atoms with Gasteiger partial charge in [-0.15, -0.1) is 0 Å². The van der Waals surface area contributed by atoms with Crippen LogP contribution in [0.3, 0.4) is 0 Å². The molecule has 2 heterocycles. The number of benzene rings is 2. The highest BCUT2D eigenvalue weighted by atomic mass is 32.2. The summed E-state index contributed by atoms with van der Waals surface area (Å²) in [5, 5.41) is 18.1. The number of aliphatic hydroxyl groups is 1. The molecule has 47 heavy (non-hydrogen) atoms. The molecule has 1 saturated heterocycles. The number of amides is 3. The Morgan fingerprint density at radius 3 is 2.43 bits per heavy atom. The molecule has 0 radical (unpaired) electrons. The second-order valence-corrected chi connectivity index (χ2v) is 14.0. The van der Waals surface area contributed by atoms with Gasteiger partial charge in [-0.3, -0.25) is 14.6 Å². The fourth-order valence-corrected chi connectivity index (χ4v) is 6.19. The van der Waals surface area contributed by atoms with E-state index in [-0.39, 0.29) is 37.3 Å². The molecule has 2 aliphatic heterocycles. The zero-order valence-corrected chi connectivity index (χ0v) is 27.0. The highest BCUT2D eigenvalue weighted by molar-refractivity contribution is 7.92. The summed E-state index contributed by atoms with van der Waals surface area (Å²) < 4.78 is 72.1. The van der Waals surface area contributed by atoms with Crippen molar-refractivity contribution >= 4 is 45.5 Å². The lowest BCUT2D eigenvalue weighted by atomic mass is 9.89. The third kappa shape index (κ3) is 8.75. The second-order valence-electron chi connectivity index (χ2n) is 12.2. The summed E-state index contributed by atoms with van der Waals surface area (Å²) in [6.07, 6.45) is -3.95. The first kappa shape index (κ1) is 35.6. The van der Waals surface area contributed by atoms with Crippen LogP contribution in [0.5, 0.6) is 0 Å². The lowest BCUT2D eigenvalue weighted by molar-refractivity contribution is -0.137. The number of halogens is 3. The fraction of sp³-hybridized carbons (Fsp3) is 0.419. The molecule has 12 nitrogen and oxygen atoms in total. The molecule has 2 aliphatic rings. The van der Waals surface area contributed by atoms with E-state index in [4.69, 9.17) is 4.74 Å². The van der Waals surface area contributed by atoms with Crippen molar-refractivity contribution in [2.24, 2.45) is 4.99 Å². The summed E-state index contributed by atoms with van der Waals surface area (Å²) in [7, 11) is -3.92. The maximum atomic E-state index is 13.2. The summed E-state index contributed by atoms with van der Waals surface area (Å²) in [5.41, 5.74) is -1.35. The monoisotopic (exact) mass is 679 g/mol. The SMILES string of the molecule is Cc1cc(NC(=O)[C@H](CO)NC(=O)OC(C)(C)C)ccc1/C=C/S(=O)(=O)N1CCC2(CC1)N=C(c1cccc(C(F)(F)F)c1)NC2=O. The van der Waals surface area contributed by atoms with E-state index in [1.807, 2.05) is 0 Å². The van der Waals surface area contributed by atoms with Gasteiger partial charge < -0.3 is 25.8 Å². The molecule has 2 aromatic carbocycles. The molecule has 0 bridgehead atoms. The maximum Gasteiger partial charge on any atom is 0.416 e. The predicted octanol–water partition coefficient (Wildman–Crippen LogP) is 3.55. The quantitative estimate of drug-likeness (QED) is 0.331. The third-order valence-electron chi connectivity index (χ3n) is 7.50. The lowest BCUT2D eigenvalue weighted by Gasteiger charge is -2.34. The first-order valence-electron chi connectivity index (χ1n) is 14.6. The summed E-state index contributed by atoms with van der Waals surface area (Å²) in [6, 6.07) is 7.90. The van der Waals surface area contributed by atoms with Crippen LogP contribution in [0.1, 0.15) is 55.9 Å². The van der Waals surface area contributed by atoms with Gasteiger partial charge in [-0.05, 0) is 82.0 Å². The van der Waals surface area contributed by atoms with Crippen molar-refractivity contribution in [3.8, 4) is 0 Å². The zero-order valence-electron chi connectivity index (χ0n) is 26.1. The first-order chi connectivity index (χ1) is 21.8. The van der Waals surface area contributed by atoms with Crippen LogP contribution in [0.25, 0.3) is 6.08 Å². The molecule has 4 rings (SSSR count). The minimum Gasteiger partial charge on any atom is -0.444 e. The van der Waals surface area contributed by atoms with Gasteiger partial charge in [0.15, 0.2) is 0 Å². The summed E-state index contributed by atoms with van der Waals surface area (Å²) in [4.78, 5) is 41.9. The molecule has 4 N–H and O–H groups in total. The number of piperidine rings is 1. The average Bonchev–Trinajstić information content (AvgIpc) is 3.29. The van der Waals surface area contributed by atoms with Gasteiger partial charge in [0.2, 0.25) is 15.9 Å². The second kappa shape index (κ2) is 13.4. The van der Waals surface area contributed by atoms with Crippen LogP contribution in [-0.4, -0.2) is 78.5 Å². The number of aliphatic imine (C=N–C) groups is 1. The van der Waals surface area contributed by atoms with Crippen molar-refractivity contribution in [2.45, 2.75) is 63.9 Å². The number of aryl methyl sites for hydroxylation is 1. The number of ether oxygens (including phenoxy) is 1. The molecule has 0 aromatic heterocycles. The van der Waals surface area contributed by atoms with Gasteiger partial charge in [0.1, 0.15) is 23.0 Å². The molecule has 1 atom stereocenters. The Morgan fingerprint density at radius 2 is 1.83 bits per heavy atom. The number of alkyl carbamates (subject to hydrolysis) is 1. The molecule has 1 fully saturated rings. The number of nitrogens with zero attached hydrogens (tertiary/aromatic N) is 2. The highest BCUT2D eigenvalue weighted by Gasteiger charge is 2.47. The van der Waals surface area contributed by atoms with Crippen molar-refractivity contribution < 1.29 is 45.8 Å². The van der Waals surface area contributed by atoms with Gasteiger partial charge in [0.05, 0.1) is 12.2 Å². The van der Waals surface area contributed by atoms with Crippen molar-refractivity contribution in [1.29, 1.82) is 0 Å². The standard InChI is InChI=1S/C31H36F3N5O7S/c1-19-16-23(35-26(41)24(18-40)36-28(43)46-29(2,3)4)9-8-20(19)10-15-47(44,45)39-13-11-30(12-14-39)27(42)37-25(38-30)21-6-5-7-22(17-21)31(32,33)34/h5-10,15-17,24,40H,11-14,18H2,1-4H3,(H,35,41)(H,36,43)(H,37,38,42)/b15-10+/t24-/m0/s1. The van der Waals surface area contributed by atoms with Gasteiger partial charge in [-0.1, -0.05) is 18.2 Å².